The molecule has 2 aliphatic heterocycles. The Balaban J connectivity index is 1.53. The highest BCUT2D eigenvalue weighted by Gasteiger charge is 2.33. The van der Waals surface area contributed by atoms with Gasteiger partial charge in [0, 0.05) is 48.1 Å². The van der Waals surface area contributed by atoms with E-state index >= 15 is 8.78 Å². The third-order valence-electron chi connectivity index (χ3n) is 9.06. The molecule has 4 aromatic rings. The Hall–Kier alpha value is -4.90. The Bertz CT molecular complexity index is 1970. The predicted molar refractivity (Wildman–Crippen MR) is 174 cm³/mol. The van der Waals surface area contributed by atoms with Crippen molar-refractivity contribution in [3.63, 3.8) is 0 Å². The molecule has 0 radical (unpaired) electrons. The maximum absolute atomic E-state index is 15.9. The van der Waals surface area contributed by atoms with Gasteiger partial charge in [0.1, 0.15) is 36.2 Å². The van der Waals surface area contributed by atoms with Crippen molar-refractivity contribution >= 4 is 11.9 Å². The van der Waals surface area contributed by atoms with E-state index in [9.17, 15) is 23.9 Å². The number of fused-ring (bicyclic) bond motifs is 6. The van der Waals surface area contributed by atoms with E-state index in [0.717, 1.165) is 10.1 Å². The first-order valence-electron chi connectivity index (χ1n) is 15.8. The quantitative estimate of drug-likeness (QED) is 0.275. The number of aromatic nitrogens is 1. The predicted octanol–water partition coefficient (Wildman–Crippen LogP) is 5.73. The van der Waals surface area contributed by atoms with Crippen molar-refractivity contribution in [1.82, 2.24) is 14.8 Å². The Morgan fingerprint density at radius 1 is 0.979 bits per heavy atom. The van der Waals surface area contributed by atoms with Gasteiger partial charge in [0.2, 0.25) is 5.91 Å². The number of hydrogen-bond donors (Lipinski definition) is 2. The SMILES string of the molecule is Cc1cc2cc(c1F)[C@@H](CC(=O)O)NC(=O)[C@@H](n1cc(CCN3CC(F)C3)cc(C)c1=O)c1cc(ccc1F)COc1cccc(C)c1-2. The van der Waals surface area contributed by atoms with E-state index < -0.39 is 53.7 Å². The van der Waals surface area contributed by atoms with E-state index in [2.05, 4.69) is 5.32 Å². The summed E-state index contributed by atoms with van der Waals surface area (Å²) in [5, 5.41) is 12.6. The van der Waals surface area contributed by atoms with Crippen LogP contribution in [-0.4, -0.2) is 52.3 Å². The van der Waals surface area contributed by atoms with Crippen molar-refractivity contribution in [2.45, 2.75) is 58.5 Å². The van der Waals surface area contributed by atoms with Crippen LogP contribution in [0.2, 0.25) is 0 Å². The molecule has 11 heteroatoms. The highest BCUT2D eigenvalue weighted by molar-refractivity contribution is 5.85. The van der Waals surface area contributed by atoms with Gasteiger partial charge in [0.25, 0.3) is 5.56 Å². The number of nitrogens with zero attached hydrogens (tertiary/aromatic N) is 2. The highest BCUT2D eigenvalue weighted by Crippen LogP contribution is 2.38. The molecule has 8 nitrogen and oxygen atoms in total. The molecule has 1 aromatic heterocycles. The molecule has 250 valence electrons. The number of ether oxygens (including phenoxy) is 1. The van der Waals surface area contributed by atoms with E-state index in [1.165, 1.54) is 30.5 Å². The summed E-state index contributed by atoms with van der Waals surface area (Å²) in [5.41, 5.74) is 3.00. The second kappa shape index (κ2) is 13.3. The van der Waals surface area contributed by atoms with Crippen LogP contribution in [0.4, 0.5) is 13.2 Å². The van der Waals surface area contributed by atoms with Gasteiger partial charge in [0.05, 0.1) is 12.5 Å². The first-order valence-corrected chi connectivity index (χ1v) is 15.8. The van der Waals surface area contributed by atoms with Crippen LogP contribution < -0.4 is 15.6 Å². The van der Waals surface area contributed by atoms with Crippen LogP contribution in [0, 0.1) is 32.4 Å². The molecule has 6 rings (SSSR count). The first kappa shape index (κ1) is 33.0. The van der Waals surface area contributed by atoms with Gasteiger partial charge in [-0.2, -0.15) is 0 Å². The van der Waals surface area contributed by atoms with Crippen molar-refractivity contribution in [1.29, 1.82) is 0 Å². The van der Waals surface area contributed by atoms with Gasteiger partial charge < -0.3 is 15.2 Å². The van der Waals surface area contributed by atoms with Crippen LogP contribution in [-0.2, 0) is 22.6 Å². The van der Waals surface area contributed by atoms with Crippen molar-refractivity contribution < 1.29 is 32.6 Å². The second-order valence-corrected chi connectivity index (χ2v) is 12.7. The van der Waals surface area contributed by atoms with Crippen molar-refractivity contribution in [3.8, 4) is 16.9 Å². The molecule has 2 atom stereocenters. The molecule has 1 amide bonds. The molecule has 0 saturated carbocycles. The number of aryl methyl sites for hydroxylation is 3. The van der Waals surface area contributed by atoms with Crippen molar-refractivity contribution in [2.75, 3.05) is 19.6 Å². The number of halogens is 3. The summed E-state index contributed by atoms with van der Waals surface area (Å²) in [4.78, 5) is 42.1. The van der Waals surface area contributed by atoms with Gasteiger partial charge in [-0.3, -0.25) is 23.9 Å². The zero-order valence-electron chi connectivity index (χ0n) is 26.9. The molecule has 1 fully saturated rings. The van der Waals surface area contributed by atoms with E-state index in [1.54, 1.807) is 32.0 Å². The van der Waals surface area contributed by atoms with Crippen LogP contribution >= 0.6 is 0 Å². The fourth-order valence-corrected chi connectivity index (χ4v) is 6.58. The van der Waals surface area contributed by atoms with E-state index in [1.807, 2.05) is 24.0 Å². The maximum atomic E-state index is 15.9. The number of amides is 1. The van der Waals surface area contributed by atoms with Gasteiger partial charge in [-0.25, -0.2) is 13.2 Å². The smallest absolute Gasteiger partial charge is 0.305 e. The Kier molecular flexibility index (Phi) is 9.15. The molecule has 1 saturated heterocycles. The molecular formula is C37H36F3N3O5. The second-order valence-electron chi connectivity index (χ2n) is 12.7. The molecule has 3 heterocycles. The van der Waals surface area contributed by atoms with Gasteiger partial charge in [-0.05, 0) is 91.4 Å². The average Bonchev–Trinajstić information content (AvgIpc) is 3.01. The summed E-state index contributed by atoms with van der Waals surface area (Å²) in [6, 6.07) is 11.5. The molecule has 2 N–H and O–H groups in total. The van der Waals surface area contributed by atoms with Crippen LogP contribution in [0.15, 0.2) is 65.6 Å². The number of carboxylic acid groups (broad SMARTS) is 1. The number of nitrogens with one attached hydrogen (secondary N) is 1. The largest absolute Gasteiger partial charge is 0.488 e. The summed E-state index contributed by atoms with van der Waals surface area (Å²) < 4.78 is 52.5. The molecule has 3 aromatic carbocycles. The minimum atomic E-state index is -1.59. The fraction of sp³-hybridized carbons (Fsp3) is 0.324. The monoisotopic (exact) mass is 659 g/mol. The van der Waals surface area contributed by atoms with Gasteiger partial charge in [-0.15, -0.1) is 0 Å². The Morgan fingerprint density at radius 3 is 2.48 bits per heavy atom. The molecule has 4 bridgehead atoms. The van der Waals surface area contributed by atoms with Gasteiger partial charge in [-0.1, -0.05) is 18.2 Å². The number of rotatable bonds is 6. The number of aliphatic carboxylic acids is 1. The number of alkyl halides is 1. The topological polar surface area (TPSA) is 101 Å². The molecule has 48 heavy (non-hydrogen) atoms. The zero-order valence-corrected chi connectivity index (χ0v) is 26.9. The summed E-state index contributed by atoms with van der Waals surface area (Å²) in [6.07, 6.45) is 0.362. The first-order chi connectivity index (χ1) is 22.9. The zero-order chi connectivity index (χ0) is 34.3. The molecule has 0 aliphatic carbocycles. The van der Waals surface area contributed by atoms with Crippen LogP contribution in [0.5, 0.6) is 5.75 Å². The van der Waals surface area contributed by atoms with Gasteiger partial charge >= 0.3 is 5.97 Å². The Morgan fingerprint density at radius 2 is 1.75 bits per heavy atom. The van der Waals surface area contributed by atoms with Crippen LogP contribution in [0.1, 0.15) is 57.4 Å². The van der Waals surface area contributed by atoms with E-state index in [4.69, 9.17) is 4.74 Å². The fourth-order valence-electron chi connectivity index (χ4n) is 6.58. The number of pyridine rings is 1. The minimum absolute atomic E-state index is 0.00783. The Labute approximate surface area is 275 Å². The third-order valence-corrected chi connectivity index (χ3v) is 9.06. The van der Waals surface area contributed by atoms with Gasteiger partial charge in [0.15, 0.2) is 0 Å². The average molecular weight is 660 g/mol. The number of carbonyl (C=O) groups excluding carboxylic acids is 1. The molecule has 0 spiro atoms. The number of carboxylic acids is 1. The maximum Gasteiger partial charge on any atom is 0.305 e. The molecular weight excluding hydrogens is 623 g/mol. The molecule has 2 aliphatic rings. The third kappa shape index (κ3) is 6.60. The van der Waals surface area contributed by atoms with Crippen molar-refractivity contribution in [3.05, 3.63) is 122 Å². The summed E-state index contributed by atoms with van der Waals surface area (Å²) >= 11 is 0. The lowest BCUT2D eigenvalue weighted by molar-refractivity contribution is -0.137. The number of hydrogen-bond acceptors (Lipinski definition) is 5. The standard InChI is InChI=1S/C37H36F3N3O5/c1-20-5-4-6-31-33(20)25-12-21(2)34(40)28(14-25)30(15-32(44)45)41-36(46)35(27-13-24(19-48-31)7-8-29(27)39)43-16-23(11-22(3)37(43)47)9-10-42-17-26(38)18-42/h4-8,11-14,16,26,30,35H,9-10,15,17-19H2,1-3H3,(H,41,46)(H,44,45)/t30-,35+/m1/s1. The molecule has 0 unspecified atom stereocenters. The summed E-state index contributed by atoms with van der Waals surface area (Å²) in [5.74, 6) is -3.19. The van der Waals surface area contributed by atoms with E-state index in [-0.39, 0.29) is 23.3 Å². The lowest BCUT2D eigenvalue weighted by Crippen LogP contribution is -2.49. The highest BCUT2D eigenvalue weighted by atomic mass is 19.1. The van der Waals surface area contributed by atoms with Crippen molar-refractivity contribution in [2.24, 2.45) is 0 Å². The van der Waals surface area contributed by atoms with Crippen LogP contribution in [0.3, 0.4) is 0 Å². The normalized spacial score (nSPS) is 18.2. The lowest BCUT2D eigenvalue weighted by Gasteiger charge is -2.34. The summed E-state index contributed by atoms with van der Waals surface area (Å²) in [6.45, 7) is 6.15. The number of likely N-dealkylation sites (tertiary alicyclic amines) is 1. The number of benzene rings is 3. The summed E-state index contributed by atoms with van der Waals surface area (Å²) in [7, 11) is 0. The van der Waals surface area contributed by atoms with E-state index in [0.29, 0.717) is 59.6 Å². The van der Waals surface area contributed by atoms with Crippen LogP contribution in [0.25, 0.3) is 11.1 Å². The lowest BCUT2D eigenvalue weighted by atomic mass is 9.91. The number of carbonyl (C=O) groups is 2. The minimum Gasteiger partial charge on any atom is -0.488 e.